The summed E-state index contributed by atoms with van der Waals surface area (Å²) in [6, 6.07) is 3.79. The second-order valence-electron chi connectivity index (χ2n) is 7.06. The zero-order valence-electron chi connectivity index (χ0n) is 14.6. The van der Waals surface area contributed by atoms with Crippen LogP contribution in [0.2, 0.25) is 0 Å². The van der Waals surface area contributed by atoms with Crippen LogP contribution >= 0.6 is 0 Å². The van der Waals surface area contributed by atoms with Gasteiger partial charge in [-0.1, -0.05) is 12.1 Å². The number of fused-ring (bicyclic) bond motifs is 1. The number of nitrogens with zero attached hydrogens (tertiary/aromatic N) is 4. The number of hydrogen-bond donors (Lipinski definition) is 0. The van der Waals surface area contributed by atoms with Crippen molar-refractivity contribution in [3.8, 4) is 0 Å². The highest BCUT2D eigenvalue weighted by Crippen LogP contribution is 2.44. The van der Waals surface area contributed by atoms with Gasteiger partial charge in [-0.15, -0.1) is 0 Å². The number of ether oxygens (including phenoxy) is 1. The number of hydrogen-bond acceptors (Lipinski definition) is 6. The summed E-state index contributed by atoms with van der Waals surface area (Å²) in [4.78, 5) is 23.5. The third kappa shape index (κ3) is 2.93. The van der Waals surface area contributed by atoms with Crippen molar-refractivity contribution in [2.45, 2.75) is 26.7 Å². The Morgan fingerprint density at radius 3 is 3.00 bits per heavy atom. The van der Waals surface area contributed by atoms with E-state index in [2.05, 4.69) is 22.0 Å². The minimum absolute atomic E-state index is 0.0330. The van der Waals surface area contributed by atoms with E-state index in [1.807, 2.05) is 24.0 Å². The maximum atomic E-state index is 12.9. The molecule has 2 fully saturated rings. The van der Waals surface area contributed by atoms with Crippen LogP contribution in [0.5, 0.6) is 0 Å². The van der Waals surface area contributed by atoms with E-state index in [0.717, 1.165) is 12.1 Å². The topological polar surface area (TPSA) is 81.4 Å². The Bertz CT molecular complexity index is 773. The second-order valence-corrected chi connectivity index (χ2v) is 7.06. The predicted molar refractivity (Wildman–Crippen MR) is 89.0 cm³/mol. The standard InChI is InChI=1S/C18H22N4O3/c1-3-15-5-4-13(7-19-15)17(23)22-8-14-9-24-11-18(14,10-22)6-16-20-12(2)21-25-16/h4-5,7,14H,3,6,8-11H2,1-2H3/t14-,18+/m1/s1. The number of carbonyl (C=O) groups is 1. The molecule has 7 heteroatoms. The van der Waals surface area contributed by atoms with E-state index in [0.29, 0.717) is 55.9 Å². The first-order chi connectivity index (χ1) is 12.1. The van der Waals surface area contributed by atoms with Crippen LogP contribution in [-0.4, -0.2) is 52.2 Å². The Morgan fingerprint density at radius 1 is 1.44 bits per heavy atom. The van der Waals surface area contributed by atoms with Crippen molar-refractivity contribution < 1.29 is 14.1 Å². The number of aryl methyl sites for hydroxylation is 2. The first kappa shape index (κ1) is 16.2. The van der Waals surface area contributed by atoms with Gasteiger partial charge in [-0.3, -0.25) is 9.78 Å². The highest BCUT2D eigenvalue weighted by Gasteiger charge is 2.52. The normalized spacial score (nSPS) is 25.4. The molecule has 25 heavy (non-hydrogen) atoms. The molecule has 2 atom stereocenters. The Morgan fingerprint density at radius 2 is 2.32 bits per heavy atom. The summed E-state index contributed by atoms with van der Waals surface area (Å²) in [7, 11) is 0. The van der Waals surface area contributed by atoms with E-state index in [1.165, 1.54) is 0 Å². The molecule has 0 spiro atoms. The SMILES string of the molecule is CCc1ccc(C(=O)N2C[C@@H]3COC[C@]3(Cc3nc(C)no3)C2)cn1. The van der Waals surface area contributed by atoms with Gasteiger partial charge in [0.25, 0.3) is 5.91 Å². The maximum absolute atomic E-state index is 12.9. The molecular formula is C18H22N4O3. The van der Waals surface area contributed by atoms with Crippen LogP contribution in [0.1, 0.15) is 34.7 Å². The van der Waals surface area contributed by atoms with Crippen molar-refractivity contribution in [3.05, 3.63) is 41.3 Å². The molecule has 2 aromatic rings. The monoisotopic (exact) mass is 342 g/mol. The van der Waals surface area contributed by atoms with Gasteiger partial charge in [0.15, 0.2) is 5.82 Å². The van der Waals surface area contributed by atoms with Crippen molar-refractivity contribution in [3.63, 3.8) is 0 Å². The lowest BCUT2D eigenvalue weighted by Crippen LogP contribution is -2.35. The highest BCUT2D eigenvalue weighted by atomic mass is 16.5. The van der Waals surface area contributed by atoms with Crippen LogP contribution in [0.15, 0.2) is 22.9 Å². The largest absolute Gasteiger partial charge is 0.380 e. The molecule has 4 heterocycles. The zero-order chi connectivity index (χ0) is 17.4. The molecule has 0 saturated carbocycles. The summed E-state index contributed by atoms with van der Waals surface area (Å²) in [5.74, 6) is 1.59. The van der Waals surface area contributed by atoms with Gasteiger partial charge in [0.1, 0.15) is 0 Å². The lowest BCUT2D eigenvalue weighted by atomic mass is 9.78. The summed E-state index contributed by atoms with van der Waals surface area (Å²) in [5.41, 5.74) is 1.50. The van der Waals surface area contributed by atoms with Crippen molar-refractivity contribution in [1.29, 1.82) is 0 Å². The molecule has 7 nitrogen and oxygen atoms in total. The summed E-state index contributed by atoms with van der Waals surface area (Å²) < 4.78 is 11.0. The third-order valence-electron chi connectivity index (χ3n) is 5.32. The van der Waals surface area contributed by atoms with Crippen molar-refractivity contribution >= 4 is 5.91 Å². The molecule has 0 radical (unpaired) electrons. The Kier molecular flexibility index (Phi) is 4.03. The van der Waals surface area contributed by atoms with Crippen molar-refractivity contribution in [1.82, 2.24) is 20.0 Å². The lowest BCUT2D eigenvalue weighted by Gasteiger charge is -2.25. The quantitative estimate of drug-likeness (QED) is 0.841. The molecule has 0 aliphatic carbocycles. The molecule has 0 N–H and O–H groups in total. The molecule has 0 bridgehead atoms. The summed E-state index contributed by atoms with van der Waals surface area (Å²) in [6.07, 6.45) is 3.19. The number of likely N-dealkylation sites (tertiary alicyclic amines) is 1. The Balaban J connectivity index is 1.52. The van der Waals surface area contributed by atoms with Crippen LogP contribution in [0.4, 0.5) is 0 Å². The minimum atomic E-state index is -0.134. The maximum Gasteiger partial charge on any atom is 0.255 e. The lowest BCUT2D eigenvalue weighted by molar-refractivity contribution is 0.0713. The van der Waals surface area contributed by atoms with E-state index in [9.17, 15) is 4.79 Å². The number of rotatable bonds is 4. The fourth-order valence-corrected chi connectivity index (χ4v) is 3.89. The molecule has 2 aromatic heterocycles. The van der Waals surface area contributed by atoms with Crippen LogP contribution in [-0.2, 0) is 17.6 Å². The average Bonchev–Trinajstić information content (AvgIpc) is 3.28. The Hall–Kier alpha value is -2.28. The average molecular weight is 342 g/mol. The van der Waals surface area contributed by atoms with Crippen LogP contribution in [0.25, 0.3) is 0 Å². The predicted octanol–water partition coefficient (Wildman–Crippen LogP) is 1.67. The van der Waals surface area contributed by atoms with Gasteiger partial charge in [0.05, 0.1) is 18.8 Å². The molecule has 1 amide bonds. The van der Waals surface area contributed by atoms with Gasteiger partial charge in [-0.2, -0.15) is 4.98 Å². The van der Waals surface area contributed by atoms with E-state index in [-0.39, 0.29) is 11.3 Å². The number of pyridine rings is 1. The van der Waals surface area contributed by atoms with Crippen LogP contribution in [0.3, 0.4) is 0 Å². The van der Waals surface area contributed by atoms with Crippen LogP contribution in [0, 0.1) is 18.3 Å². The molecule has 2 aliphatic heterocycles. The van der Waals surface area contributed by atoms with E-state index in [4.69, 9.17) is 9.26 Å². The molecular weight excluding hydrogens is 320 g/mol. The number of aromatic nitrogens is 3. The summed E-state index contributed by atoms with van der Waals surface area (Å²) in [5, 5.41) is 3.87. The van der Waals surface area contributed by atoms with Crippen molar-refractivity contribution in [2.75, 3.05) is 26.3 Å². The fourth-order valence-electron chi connectivity index (χ4n) is 3.89. The molecule has 0 unspecified atom stereocenters. The molecule has 4 rings (SSSR count). The number of carbonyl (C=O) groups excluding carboxylic acids is 1. The highest BCUT2D eigenvalue weighted by molar-refractivity contribution is 5.94. The molecule has 2 aliphatic rings. The number of amides is 1. The Labute approximate surface area is 146 Å². The molecule has 132 valence electrons. The van der Waals surface area contributed by atoms with Gasteiger partial charge in [-0.05, 0) is 25.5 Å². The summed E-state index contributed by atoms with van der Waals surface area (Å²) in [6.45, 7) is 6.49. The van der Waals surface area contributed by atoms with E-state index >= 15 is 0 Å². The van der Waals surface area contributed by atoms with Gasteiger partial charge in [-0.25, -0.2) is 0 Å². The first-order valence-electron chi connectivity index (χ1n) is 8.71. The molecule has 0 aromatic carbocycles. The van der Waals surface area contributed by atoms with Gasteiger partial charge < -0.3 is 14.2 Å². The fraction of sp³-hybridized carbons (Fsp3) is 0.556. The van der Waals surface area contributed by atoms with Gasteiger partial charge >= 0.3 is 0 Å². The van der Waals surface area contributed by atoms with Crippen LogP contribution < -0.4 is 0 Å². The third-order valence-corrected chi connectivity index (χ3v) is 5.32. The second kappa shape index (κ2) is 6.22. The van der Waals surface area contributed by atoms with Crippen molar-refractivity contribution in [2.24, 2.45) is 11.3 Å². The smallest absolute Gasteiger partial charge is 0.255 e. The molecule has 2 saturated heterocycles. The van der Waals surface area contributed by atoms with E-state index in [1.54, 1.807) is 6.20 Å². The van der Waals surface area contributed by atoms with E-state index < -0.39 is 0 Å². The summed E-state index contributed by atoms with van der Waals surface area (Å²) >= 11 is 0. The van der Waals surface area contributed by atoms with Gasteiger partial charge in [0, 0.05) is 42.7 Å². The minimum Gasteiger partial charge on any atom is -0.380 e. The zero-order valence-corrected chi connectivity index (χ0v) is 14.6. The van der Waals surface area contributed by atoms with Gasteiger partial charge in [0.2, 0.25) is 5.89 Å². The first-order valence-corrected chi connectivity index (χ1v) is 8.71.